The van der Waals surface area contributed by atoms with Gasteiger partial charge in [-0.1, -0.05) is 34.1 Å². The van der Waals surface area contributed by atoms with Crippen molar-refractivity contribution in [2.24, 2.45) is 34.5 Å². The van der Waals surface area contributed by atoms with Gasteiger partial charge in [-0.25, -0.2) is 13.9 Å². The number of pyridine rings is 1. The van der Waals surface area contributed by atoms with Crippen LogP contribution in [0.5, 0.6) is 11.6 Å². The SMILES string of the molecule is CC[C@@H]1C[C@]1(CC(=O)[C@@H]1C[C@@H](Oc2nccc3cc(OC)ccc23)CN1C(=O)[C@@H](CC(=O)OC1C[C@@H]2C[C@@H]2C1)C(C)(C)C)C(=O)NS(=O)(=O)OC1(C)CC1. The largest absolute Gasteiger partial charge is 0.497 e. The third kappa shape index (κ3) is 8.10. The number of ketones is 1. The minimum Gasteiger partial charge on any atom is -0.497 e. The minimum absolute atomic E-state index is 0.0499. The molecule has 294 valence electrons. The van der Waals surface area contributed by atoms with E-state index in [1.54, 1.807) is 26.3 Å². The van der Waals surface area contributed by atoms with Crippen molar-refractivity contribution in [1.82, 2.24) is 14.6 Å². The molecule has 1 N–H and O–H groups in total. The summed E-state index contributed by atoms with van der Waals surface area (Å²) < 4.78 is 50.7. The van der Waals surface area contributed by atoms with Gasteiger partial charge in [-0.3, -0.25) is 19.2 Å². The van der Waals surface area contributed by atoms with Crippen LogP contribution in [0, 0.1) is 34.5 Å². The monoisotopic (exact) mass is 767 g/mol. The van der Waals surface area contributed by atoms with Gasteiger partial charge in [-0.15, -0.1) is 0 Å². The van der Waals surface area contributed by atoms with Gasteiger partial charge in [0.1, 0.15) is 18.0 Å². The molecule has 2 amide bonds. The summed E-state index contributed by atoms with van der Waals surface area (Å²) >= 11 is 0. The maximum atomic E-state index is 14.7. The molecule has 14 heteroatoms. The summed E-state index contributed by atoms with van der Waals surface area (Å²) in [5, 5.41) is 1.57. The molecule has 0 bridgehead atoms. The average molecular weight is 768 g/mol. The lowest BCUT2D eigenvalue weighted by molar-refractivity contribution is -0.156. The minimum atomic E-state index is -4.40. The summed E-state index contributed by atoms with van der Waals surface area (Å²) in [5.41, 5.74) is -2.75. The van der Waals surface area contributed by atoms with Gasteiger partial charge in [0.05, 0.1) is 43.1 Å². The molecule has 4 saturated carbocycles. The Hall–Kier alpha value is -3.78. The van der Waals surface area contributed by atoms with Crippen molar-refractivity contribution in [2.45, 2.75) is 123 Å². The molecule has 2 aromatic rings. The molecule has 2 heterocycles. The molecule has 0 spiro atoms. The third-order valence-electron chi connectivity index (χ3n) is 12.5. The maximum Gasteiger partial charge on any atom is 0.362 e. The first kappa shape index (κ1) is 38.5. The Kier molecular flexibility index (Phi) is 10.0. The number of hydrogen-bond donors (Lipinski definition) is 1. The van der Waals surface area contributed by atoms with Crippen LogP contribution >= 0.6 is 0 Å². The number of nitrogens with zero attached hydrogens (tertiary/aromatic N) is 2. The van der Waals surface area contributed by atoms with Gasteiger partial charge in [0.15, 0.2) is 5.78 Å². The van der Waals surface area contributed by atoms with Crippen LogP contribution in [0.2, 0.25) is 0 Å². The number of Topliss-reactive ketones (excluding diaryl/α,β-unsaturated/α-hetero) is 1. The second-order valence-electron chi connectivity index (χ2n) is 17.7. The van der Waals surface area contributed by atoms with Crippen molar-refractivity contribution in [2.75, 3.05) is 13.7 Å². The van der Waals surface area contributed by atoms with E-state index >= 15 is 0 Å². The van der Waals surface area contributed by atoms with Gasteiger partial charge in [-0.05, 0) is 98.3 Å². The number of methoxy groups -OCH3 is 1. The highest BCUT2D eigenvalue weighted by atomic mass is 32.2. The van der Waals surface area contributed by atoms with Gasteiger partial charge < -0.3 is 19.1 Å². The summed E-state index contributed by atoms with van der Waals surface area (Å²) in [5.74, 6) is -0.692. The number of carbonyl (C=O) groups excluding carboxylic acids is 4. The molecule has 4 aliphatic carbocycles. The van der Waals surface area contributed by atoms with Crippen molar-refractivity contribution >= 4 is 44.6 Å². The molecule has 1 aliphatic heterocycles. The van der Waals surface area contributed by atoms with Crippen molar-refractivity contribution in [1.29, 1.82) is 0 Å². The number of fused-ring (bicyclic) bond motifs is 2. The first-order valence-electron chi connectivity index (χ1n) is 19.3. The Labute approximate surface area is 317 Å². The van der Waals surface area contributed by atoms with Gasteiger partial charge in [0, 0.05) is 24.4 Å². The quantitative estimate of drug-likeness (QED) is 0.234. The number of amides is 2. The topological polar surface area (TPSA) is 168 Å². The fraction of sp³-hybridized carbons (Fsp3) is 0.675. The van der Waals surface area contributed by atoms with Crippen molar-refractivity contribution in [3.05, 3.63) is 30.5 Å². The predicted molar refractivity (Wildman–Crippen MR) is 197 cm³/mol. The van der Waals surface area contributed by atoms with Crippen LogP contribution in [-0.4, -0.2) is 79.4 Å². The Morgan fingerprint density at radius 2 is 1.76 bits per heavy atom. The fourth-order valence-electron chi connectivity index (χ4n) is 8.74. The maximum absolute atomic E-state index is 14.7. The Morgan fingerprint density at radius 3 is 2.39 bits per heavy atom. The number of carbonyl (C=O) groups is 4. The van der Waals surface area contributed by atoms with Crippen LogP contribution in [0.15, 0.2) is 30.5 Å². The molecule has 5 aliphatic rings. The molecule has 8 atom stereocenters. The zero-order chi connectivity index (χ0) is 38.8. The number of likely N-dealkylation sites (tertiary alicyclic amines) is 1. The highest BCUT2D eigenvalue weighted by Crippen LogP contribution is 2.58. The van der Waals surface area contributed by atoms with Gasteiger partial charge in [0.25, 0.3) is 0 Å². The van der Waals surface area contributed by atoms with E-state index in [2.05, 4.69) is 9.71 Å². The number of nitrogens with one attached hydrogen (secondary N) is 1. The van der Waals surface area contributed by atoms with E-state index in [1.807, 2.05) is 45.9 Å². The normalized spacial score (nSPS) is 29.9. The van der Waals surface area contributed by atoms with E-state index < -0.39 is 56.7 Å². The zero-order valence-corrected chi connectivity index (χ0v) is 32.9. The Balaban J connectivity index is 1.13. The average Bonchev–Trinajstić information content (AvgIpc) is 4.05. The van der Waals surface area contributed by atoms with Crippen molar-refractivity contribution < 1.29 is 46.0 Å². The molecule has 13 nitrogen and oxygen atoms in total. The number of esters is 1. The molecule has 1 aromatic carbocycles. The summed E-state index contributed by atoms with van der Waals surface area (Å²) in [6, 6.07) is 6.36. The van der Waals surface area contributed by atoms with E-state index in [9.17, 15) is 27.6 Å². The number of aromatic nitrogens is 1. The number of rotatable bonds is 15. The van der Waals surface area contributed by atoms with Crippen LogP contribution < -0.4 is 14.2 Å². The van der Waals surface area contributed by atoms with E-state index in [0.29, 0.717) is 49.1 Å². The lowest BCUT2D eigenvalue weighted by atomic mass is 9.77. The van der Waals surface area contributed by atoms with E-state index in [1.165, 1.54) is 11.3 Å². The summed E-state index contributed by atoms with van der Waals surface area (Å²) in [6.45, 7) is 9.28. The van der Waals surface area contributed by atoms with E-state index in [-0.39, 0.29) is 49.5 Å². The van der Waals surface area contributed by atoms with Crippen LogP contribution in [-0.2, 0) is 38.4 Å². The predicted octanol–water partition coefficient (Wildman–Crippen LogP) is 5.29. The molecule has 1 aromatic heterocycles. The van der Waals surface area contributed by atoms with E-state index in [4.69, 9.17) is 18.4 Å². The first-order valence-corrected chi connectivity index (χ1v) is 20.7. The lowest BCUT2D eigenvalue weighted by Crippen LogP contribution is -2.48. The lowest BCUT2D eigenvalue weighted by Gasteiger charge is -2.35. The highest BCUT2D eigenvalue weighted by molar-refractivity contribution is 7.85. The summed E-state index contributed by atoms with van der Waals surface area (Å²) in [4.78, 5) is 62.2. The summed E-state index contributed by atoms with van der Waals surface area (Å²) in [6.07, 6.45) is 5.52. The standard InChI is InChI=1S/C40H53N3O10S/c1-7-26-20-40(26,37(47)42-54(48,49)53-39(5)11-12-39)21-33(44)32-18-29(52-35-30-9-8-27(50-6)15-23(30)10-13-41-35)22-43(32)36(46)31(38(2,3)4)19-34(45)51-28-16-24-14-25(24)17-28/h8-10,13,15,24-26,28-29,31-32H,7,11-12,14,16-22H2,1-6H3,(H,42,47)/t24-,25+,26-,28?,29-,31-,32+,40-/m1/s1. The van der Waals surface area contributed by atoms with Crippen LogP contribution in [0.1, 0.15) is 98.8 Å². The van der Waals surface area contributed by atoms with Crippen LogP contribution in [0.25, 0.3) is 10.8 Å². The molecule has 54 heavy (non-hydrogen) atoms. The first-order chi connectivity index (χ1) is 25.4. The fourth-order valence-corrected chi connectivity index (χ4v) is 9.91. The molecular formula is C40H53N3O10S. The van der Waals surface area contributed by atoms with Gasteiger partial charge in [-0.2, -0.15) is 8.42 Å². The van der Waals surface area contributed by atoms with Crippen LogP contribution in [0.3, 0.4) is 0 Å². The summed E-state index contributed by atoms with van der Waals surface area (Å²) in [7, 11) is -2.81. The smallest absolute Gasteiger partial charge is 0.362 e. The zero-order valence-electron chi connectivity index (χ0n) is 32.1. The molecule has 1 unspecified atom stereocenters. The van der Waals surface area contributed by atoms with Crippen molar-refractivity contribution in [3.63, 3.8) is 0 Å². The second-order valence-corrected chi connectivity index (χ2v) is 19.0. The Morgan fingerprint density at radius 1 is 1.04 bits per heavy atom. The highest BCUT2D eigenvalue weighted by Gasteiger charge is 2.62. The van der Waals surface area contributed by atoms with Crippen LogP contribution in [0.4, 0.5) is 0 Å². The third-order valence-corrected chi connectivity index (χ3v) is 13.6. The molecule has 5 fully saturated rings. The number of benzene rings is 1. The van der Waals surface area contributed by atoms with Gasteiger partial charge >= 0.3 is 16.3 Å². The Bertz CT molecular complexity index is 1930. The number of ether oxygens (including phenoxy) is 3. The van der Waals surface area contributed by atoms with Crippen molar-refractivity contribution in [3.8, 4) is 11.6 Å². The number of hydrogen-bond acceptors (Lipinski definition) is 11. The van der Waals surface area contributed by atoms with E-state index in [0.717, 1.165) is 23.6 Å². The second kappa shape index (κ2) is 14.1. The van der Waals surface area contributed by atoms with Gasteiger partial charge in [0.2, 0.25) is 17.7 Å². The molecule has 1 saturated heterocycles. The molecular weight excluding hydrogens is 715 g/mol. The molecule has 7 rings (SSSR count). The molecule has 0 radical (unpaired) electrons.